The van der Waals surface area contributed by atoms with Crippen molar-refractivity contribution in [1.29, 1.82) is 0 Å². The summed E-state index contributed by atoms with van der Waals surface area (Å²) in [6.07, 6.45) is 38.6. The SMILES string of the molecule is CCCCCCCCCCCCC(CCCCCCCCCC)CN(C(=O)CCCCCCCCCC)C(CC(C)CCNC)C(=O)NC(C)(C)C. The van der Waals surface area contributed by atoms with Gasteiger partial charge in [0.2, 0.25) is 11.8 Å². The molecule has 0 saturated heterocycles. The molecule has 0 aromatic carbocycles. The molecule has 52 heavy (non-hydrogen) atoms. The number of nitrogens with zero attached hydrogens (tertiary/aromatic N) is 1. The van der Waals surface area contributed by atoms with E-state index in [-0.39, 0.29) is 17.4 Å². The summed E-state index contributed by atoms with van der Waals surface area (Å²) in [6, 6.07) is -0.401. The van der Waals surface area contributed by atoms with Crippen molar-refractivity contribution in [3.8, 4) is 0 Å². The van der Waals surface area contributed by atoms with Gasteiger partial charge in [-0.05, 0) is 78.3 Å². The number of nitrogens with one attached hydrogen (secondary N) is 2. The van der Waals surface area contributed by atoms with E-state index in [4.69, 9.17) is 0 Å². The Labute approximate surface area is 327 Å². The van der Waals surface area contributed by atoms with Crippen molar-refractivity contribution in [3.63, 3.8) is 0 Å². The maximum Gasteiger partial charge on any atom is 0.243 e. The fourth-order valence-corrected chi connectivity index (χ4v) is 7.77. The first-order valence-electron chi connectivity index (χ1n) is 23.4. The second-order valence-corrected chi connectivity index (χ2v) is 17.9. The summed E-state index contributed by atoms with van der Waals surface area (Å²) in [5, 5.41) is 6.61. The van der Waals surface area contributed by atoms with Gasteiger partial charge in [0.05, 0.1) is 0 Å². The molecule has 0 aromatic rings. The average Bonchev–Trinajstić information content (AvgIpc) is 3.10. The van der Waals surface area contributed by atoms with Gasteiger partial charge in [-0.2, -0.15) is 0 Å². The minimum absolute atomic E-state index is 0.0397. The summed E-state index contributed by atoms with van der Waals surface area (Å²) in [6.45, 7) is 17.0. The Bertz CT molecular complexity index is 794. The van der Waals surface area contributed by atoms with E-state index < -0.39 is 6.04 Å². The standard InChI is InChI=1S/C47H95N3O2/c1-9-12-15-18-21-24-25-27-30-33-36-43(35-32-29-26-22-19-16-13-10-2)41-50(45(51)37-34-31-28-23-20-17-14-11-3)44(40-42(4)38-39-48-8)46(52)49-47(5,6)7/h42-44,48H,9-41H2,1-8H3,(H,49,52). The van der Waals surface area contributed by atoms with Crippen LogP contribution in [0.15, 0.2) is 0 Å². The Morgan fingerprint density at radius 1 is 0.558 bits per heavy atom. The Hall–Kier alpha value is -1.10. The van der Waals surface area contributed by atoms with E-state index in [0.717, 1.165) is 38.8 Å². The van der Waals surface area contributed by atoms with Crippen molar-refractivity contribution in [2.24, 2.45) is 11.8 Å². The number of carbonyl (C=O) groups excluding carboxylic acids is 2. The zero-order valence-corrected chi connectivity index (χ0v) is 36.8. The van der Waals surface area contributed by atoms with E-state index in [0.29, 0.717) is 18.3 Å². The molecule has 0 rings (SSSR count). The summed E-state index contributed by atoms with van der Waals surface area (Å²) in [4.78, 5) is 30.6. The highest BCUT2D eigenvalue weighted by molar-refractivity contribution is 5.88. The van der Waals surface area contributed by atoms with Crippen molar-refractivity contribution in [1.82, 2.24) is 15.5 Å². The lowest BCUT2D eigenvalue weighted by atomic mass is 9.90. The van der Waals surface area contributed by atoms with E-state index in [9.17, 15) is 9.59 Å². The summed E-state index contributed by atoms with van der Waals surface area (Å²) < 4.78 is 0. The van der Waals surface area contributed by atoms with Crippen LogP contribution in [-0.2, 0) is 9.59 Å². The first-order chi connectivity index (χ1) is 25.1. The first kappa shape index (κ1) is 50.9. The van der Waals surface area contributed by atoms with Crippen LogP contribution in [0.25, 0.3) is 0 Å². The van der Waals surface area contributed by atoms with Crippen LogP contribution in [0, 0.1) is 11.8 Å². The van der Waals surface area contributed by atoms with Gasteiger partial charge < -0.3 is 15.5 Å². The number of hydrogen-bond acceptors (Lipinski definition) is 3. The normalized spacial score (nSPS) is 13.6. The van der Waals surface area contributed by atoms with Crippen molar-refractivity contribution in [3.05, 3.63) is 0 Å². The quantitative estimate of drug-likeness (QED) is 0.0621. The smallest absolute Gasteiger partial charge is 0.243 e. The maximum atomic E-state index is 14.3. The van der Waals surface area contributed by atoms with Crippen molar-refractivity contribution in [2.75, 3.05) is 20.1 Å². The second-order valence-electron chi connectivity index (χ2n) is 17.9. The van der Waals surface area contributed by atoms with Crippen LogP contribution in [0.1, 0.15) is 248 Å². The predicted molar refractivity (Wildman–Crippen MR) is 230 cm³/mol. The van der Waals surface area contributed by atoms with Crippen LogP contribution in [0.5, 0.6) is 0 Å². The number of rotatable bonds is 38. The molecule has 0 spiro atoms. The van der Waals surface area contributed by atoms with Gasteiger partial charge in [0.1, 0.15) is 6.04 Å². The largest absolute Gasteiger partial charge is 0.350 e. The summed E-state index contributed by atoms with van der Waals surface area (Å²) in [5.74, 6) is 1.08. The highest BCUT2D eigenvalue weighted by Gasteiger charge is 2.34. The van der Waals surface area contributed by atoms with Gasteiger partial charge in [-0.1, -0.05) is 188 Å². The fourth-order valence-electron chi connectivity index (χ4n) is 7.77. The van der Waals surface area contributed by atoms with E-state index in [1.165, 1.54) is 167 Å². The van der Waals surface area contributed by atoms with Crippen LogP contribution < -0.4 is 10.6 Å². The van der Waals surface area contributed by atoms with Gasteiger partial charge in [-0.15, -0.1) is 0 Å². The van der Waals surface area contributed by atoms with Crippen molar-refractivity contribution < 1.29 is 9.59 Å². The van der Waals surface area contributed by atoms with Gasteiger partial charge in [0, 0.05) is 18.5 Å². The molecule has 2 N–H and O–H groups in total. The summed E-state index contributed by atoms with van der Waals surface area (Å²) in [5.41, 5.74) is -0.331. The Morgan fingerprint density at radius 2 is 0.942 bits per heavy atom. The van der Waals surface area contributed by atoms with Gasteiger partial charge in [-0.25, -0.2) is 0 Å². The molecule has 0 bridgehead atoms. The minimum atomic E-state index is -0.401. The zero-order valence-electron chi connectivity index (χ0n) is 36.8. The van der Waals surface area contributed by atoms with Gasteiger partial charge in [-0.3, -0.25) is 9.59 Å². The average molecular weight is 734 g/mol. The third kappa shape index (κ3) is 31.3. The Balaban J connectivity index is 5.81. The third-order valence-corrected chi connectivity index (χ3v) is 11.1. The van der Waals surface area contributed by atoms with Gasteiger partial charge >= 0.3 is 0 Å². The van der Waals surface area contributed by atoms with E-state index in [1.807, 2.05) is 7.05 Å². The molecule has 310 valence electrons. The summed E-state index contributed by atoms with van der Waals surface area (Å²) in [7, 11) is 2.00. The maximum absolute atomic E-state index is 14.3. The van der Waals surface area contributed by atoms with Gasteiger partial charge in [0.15, 0.2) is 0 Å². The molecule has 5 heteroatoms. The number of hydrogen-bond donors (Lipinski definition) is 2. The van der Waals surface area contributed by atoms with Crippen LogP contribution in [0.4, 0.5) is 0 Å². The first-order valence-corrected chi connectivity index (χ1v) is 23.4. The predicted octanol–water partition coefficient (Wildman–Crippen LogP) is 13.7. The molecule has 0 aliphatic carbocycles. The lowest BCUT2D eigenvalue weighted by molar-refractivity contribution is -0.142. The van der Waals surface area contributed by atoms with E-state index in [2.05, 4.69) is 64.0 Å². The minimum Gasteiger partial charge on any atom is -0.350 e. The molecule has 5 nitrogen and oxygen atoms in total. The monoisotopic (exact) mass is 734 g/mol. The molecule has 3 atom stereocenters. The highest BCUT2D eigenvalue weighted by atomic mass is 16.2. The summed E-state index contributed by atoms with van der Waals surface area (Å²) >= 11 is 0. The molecule has 0 aliphatic heterocycles. The zero-order chi connectivity index (χ0) is 38.7. The molecule has 0 fully saturated rings. The van der Waals surface area contributed by atoms with Crippen LogP contribution in [0.3, 0.4) is 0 Å². The van der Waals surface area contributed by atoms with Crippen molar-refractivity contribution >= 4 is 11.8 Å². The Kier molecular flexibility index (Phi) is 34.8. The molecule has 0 saturated carbocycles. The lowest BCUT2D eigenvalue weighted by Gasteiger charge is -2.37. The van der Waals surface area contributed by atoms with Crippen LogP contribution in [-0.4, -0.2) is 48.4 Å². The molecule has 3 unspecified atom stereocenters. The molecular formula is C47H95N3O2. The van der Waals surface area contributed by atoms with Crippen LogP contribution >= 0.6 is 0 Å². The van der Waals surface area contributed by atoms with Crippen LogP contribution in [0.2, 0.25) is 0 Å². The molecule has 0 aliphatic rings. The third-order valence-electron chi connectivity index (χ3n) is 11.1. The highest BCUT2D eigenvalue weighted by Crippen LogP contribution is 2.26. The molecule has 2 amide bonds. The molecular weight excluding hydrogens is 639 g/mol. The lowest BCUT2D eigenvalue weighted by Crippen LogP contribution is -2.55. The van der Waals surface area contributed by atoms with Gasteiger partial charge in [0.25, 0.3) is 0 Å². The Morgan fingerprint density at radius 3 is 1.33 bits per heavy atom. The number of unbranched alkanes of at least 4 members (excludes halogenated alkanes) is 23. The van der Waals surface area contributed by atoms with E-state index in [1.54, 1.807) is 0 Å². The fraction of sp³-hybridized carbons (Fsp3) is 0.957. The van der Waals surface area contributed by atoms with E-state index >= 15 is 0 Å². The molecule has 0 heterocycles. The molecule has 0 aromatic heterocycles. The number of carbonyl (C=O) groups is 2. The molecule has 0 radical (unpaired) electrons. The topological polar surface area (TPSA) is 61.4 Å². The number of amides is 2. The van der Waals surface area contributed by atoms with Crippen molar-refractivity contribution in [2.45, 2.75) is 259 Å². The second kappa shape index (κ2) is 35.6.